The van der Waals surface area contributed by atoms with E-state index in [1.807, 2.05) is 0 Å². The van der Waals surface area contributed by atoms with Gasteiger partial charge < -0.3 is 4.48 Å². The average Bonchev–Trinajstić information content (AvgIpc) is 2.34. The van der Waals surface area contributed by atoms with Crippen LogP contribution in [0.5, 0.6) is 0 Å². The monoisotopic (exact) mass is 337 g/mol. The number of nitrogens with zero attached hydrogens (tertiary/aromatic N) is 1. The molecular formula is C13H22F6NP. The molecule has 0 aliphatic rings. The van der Waals surface area contributed by atoms with Crippen LogP contribution in [0.25, 0.3) is 0 Å². The van der Waals surface area contributed by atoms with Gasteiger partial charge in [-0.25, -0.2) is 0 Å². The van der Waals surface area contributed by atoms with Gasteiger partial charge >= 0.3 is 33.0 Å². The average molecular weight is 337 g/mol. The van der Waals surface area contributed by atoms with Gasteiger partial charge in [0.1, 0.15) is 6.54 Å². The molecule has 0 aliphatic heterocycles. The van der Waals surface area contributed by atoms with Crippen LogP contribution in [0.1, 0.15) is 26.3 Å². The topological polar surface area (TPSA) is 0 Å². The molecule has 0 spiro atoms. The molecule has 0 bridgehead atoms. The number of hydrogen-bond acceptors (Lipinski definition) is 0. The van der Waals surface area contributed by atoms with Crippen LogP contribution in [0.4, 0.5) is 25.2 Å². The molecular weight excluding hydrogens is 315 g/mol. The second kappa shape index (κ2) is 6.13. The molecule has 1 aromatic carbocycles. The number of hydrogen-bond donors (Lipinski definition) is 0. The van der Waals surface area contributed by atoms with Gasteiger partial charge in [-0.15, -0.1) is 0 Å². The van der Waals surface area contributed by atoms with Crippen molar-refractivity contribution in [3.63, 3.8) is 0 Å². The van der Waals surface area contributed by atoms with Gasteiger partial charge in [0.25, 0.3) is 0 Å². The van der Waals surface area contributed by atoms with Gasteiger partial charge in [-0.3, -0.25) is 0 Å². The summed E-state index contributed by atoms with van der Waals surface area (Å²) < 4.78 is 60.4. The normalized spacial score (nSPS) is 15.5. The summed E-state index contributed by atoms with van der Waals surface area (Å²) >= 11 is 0. The second-order valence-electron chi connectivity index (χ2n) is 4.89. The van der Waals surface area contributed by atoms with E-state index in [0.29, 0.717) is 0 Å². The third-order valence-corrected chi connectivity index (χ3v) is 3.37. The van der Waals surface area contributed by atoms with Crippen molar-refractivity contribution in [2.24, 2.45) is 0 Å². The van der Waals surface area contributed by atoms with Crippen LogP contribution >= 0.6 is 7.81 Å². The number of rotatable bonds is 5. The van der Waals surface area contributed by atoms with Crippen molar-refractivity contribution in [2.75, 3.05) is 19.6 Å². The molecule has 0 amide bonds. The van der Waals surface area contributed by atoms with Crippen molar-refractivity contribution in [1.29, 1.82) is 0 Å². The van der Waals surface area contributed by atoms with E-state index in [0.717, 1.165) is 0 Å². The molecule has 1 nitrogen and oxygen atoms in total. The number of benzene rings is 1. The summed E-state index contributed by atoms with van der Waals surface area (Å²) in [6.45, 7) is 11.7. The third-order valence-electron chi connectivity index (χ3n) is 3.37. The zero-order valence-electron chi connectivity index (χ0n) is 12.4. The first-order chi connectivity index (χ1) is 9.21. The van der Waals surface area contributed by atoms with E-state index in [9.17, 15) is 25.2 Å². The summed E-state index contributed by atoms with van der Waals surface area (Å²) in [7, 11) is -10.7. The zero-order valence-corrected chi connectivity index (χ0v) is 13.3. The Morgan fingerprint density at radius 3 is 1.38 bits per heavy atom. The van der Waals surface area contributed by atoms with Crippen molar-refractivity contribution in [3.05, 3.63) is 35.9 Å². The molecule has 0 fully saturated rings. The fourth-order valence-electron chi connectivity index (χ4n) is 1.98. The van der Waals surface area contributed by atoms with Gasteiger partial charge in [-0.1, -0.05) is 30.3 Å². The minimum absolute atomic E-state index is 1.17. The van der Waals surface area contributed by atoms with Crippen molar-refractivity contribution < 1.29 is 29.7 Å². The Hall–Kier alpha value is -0.810. The molecule has 0 heterocycles. The fourth-order valence-corrected chi connectivity index (χ4v) is 1.98. The summed E-state index contributed by atoms with van der Waals surface area (Å²) in [5.74, 6) is 0. The zero-order chi connectivity index (χ0) is 16.8. The molecule has 1 rings (SSSR count). The predicted molar refractivity (Wildman–Crippen MR) is 75.6 cm³/mol. The number of halogens is 6. The molecule has 126 valence electrons. The van der Waals surface area contributed by atoms with Crippen LogP contribution in [0, 0.1) is 0 Å². The predicted octanol–water partition coefficient (Wildman–Crippen LogP) is 6.45. The Morgan fingerprint density at radius 2 is 1.10 bits per heavy atom. The van der Waals surface area contributed by atoms with E-state index in [4.69, 9.17) is 0 Å². The Kier molecular flexibility index (Phi) is 5.89. The van der Waals surface area contributed by atoms with Crippen molar-refractivity contribution >= 4 is 7.81 Å². The Morgan fingerprint density at radius 1 is 0.762 bits per heavy atom. The molecule has 8 heteroatoms. The third kappa shape index (κ3) is 12.6. The van der Waals surface area contributed by atoms with E-state index in [1.165, 1.54) is 36.2 Å². The Labute approximate surface area is 121 Å². The van der Waals surface area contributed by atoms with E-state index in [2.05, 4.69) is 51.1 Å². The van der Waals surface area contributed by atoms with Gasteiger partial charge in [0.2, 0.25) is 0 Å². The van der Waals surface area contributed by atoms with Crippen LogP contribution in [-0.4, -0.2) is 24.1 Å². The SMILES string of the molecule is CC[N+](CC)(CC)Cc1ccccc1.F[P-](F)(F)(F)(F)F. The standard InChI is InChI=1S/C13H22N.F6P/c1-4-14(5-2,6-3)12-13-10-8-7-9-11-13;1-7(2,3,4,5)6/h7-11H,4-6,12H2,1-3H3;/q+1;-1. The summed E-state index contributed by atoms with van der Waals surface area (Å²) in [4.78, 5) is 0. The summed E-state index contributed by atoms with van der Waals surface area (Å²) in [6.07, 6.45) is 0. The molecule has 0 aliphatic carbocycles. The first kappa shape index (κ1) is 20.2. The van der Waals surface area contributed by atoms with Crippen molar-refractivity contribution in [3.8, 4) is 0 Å². The maximum absolute atomic E-state index is 10.7. The quantitative estimate of drug-likeness (QED) is 0.329. The van der Waals surface area contributed by atoms with Crippen LogP contribution in [0.3, 0.4) is 0 Å². The van der Waals surface area contributed by atoms with Crippen LogP contribution in [-0.2, 0) is 6.54 Å². The van der Waals surface area contributed by atoms with E-state index >= 15 is 0 Å². The molecule has 21 heavy (non-hydrogen) atoms. The fraction of sp³-hybridized carbons (Fsp3) is 0.538. The van der Waals surface area contributed by atoms with Crippen LogP contribution in [0.15, 0.2) is 30.3 Å². The molecule has 1 aromatic rings. The summed E-state index contributed by atoms with van der Waals surface area (Å²) in [5, 5.41) is 0. The van der Waals surface area contributed by atoms with Gasteiger partial charge in [-0.2, -0.15) is 0 Å². The van der Waals surface area contributed by atoms with Gasteiger partial charge in [0.05, 0.1) is 19.6 Å². The van der Waals surface area contributed by atoms with E-state index < -0.39 is 7.81 Å². The molecule has 0 N–H and O–H groups in total. The van der Waals surface area contributed by atoms with Crippen molar-refractivity contribution in [1.82, 2.24) is 0 Å². The first-order valence-electron chi connectivity index (χ1n) is 6.66. The Bertz CT molecular complexity index is 404. The molecule has 0 saturated carbocycles. The maximum atomic E-state index is 9.87. The first-order valence-corrected chi connectivity index (χ1v) is 8.69. The second-order valence-corrected chi connectivity index (χ2v) is 6.81. The molecule has 0 saturated heterocycles. The van der Waals surface area contributed by atoms with E-state index in [1.54, 1.807) is 0 Å². The number of quaternary nitrogens is 1. The summed E-state index contributed by atoms with van der Waals surface area (Å²) in [6, 6.07) is 10.8. The minimum atomic E-state index is -10.7. The van der Waals surface area contributed by atoms with E-state index in [-0.39, 0.29) is 0 Å². The van der Waals surface area contributed by atoms with Crippen molar-refractivity contribution in [2.45, 2.75) is 27.3 Å². The van der Waals surface area contributed by atoms with Crippen LogP contribution in [0.2, 0.25) is 0 Å². The van der Waals surface area contributed by atoms with Gasteiger partial charge in [0, 0.05) is 5.56 Å². The van der Waals surface area contributed by atoms with Gasteiger partial charge in [-0.05, 0) is 20.8 Å². The molecule has 0 radical (unpaired) electrons. The molecule has 0 atom stereocenters. The summed E-state index contributed by atoms with van der Waals surface area (Å²) in [5.41, 5.74) is 1.46. The Balaban J connectivity index is 0.000000486. The van der Waals surface area contributed by atoms with Crippen LogP contribution < -0.4 is 0 Å². The van der Waals surface area contributed by atoms with Gasteiger partial charge in [0.15, 0.2) is 0 Å². The molecule has 0 aromatic heterocycles. The molecule has 0 unspecified atom stereocenters.